The Morgan fingerprint density at radius 1 is 1.53 bits per heavy atom. The number of carboxylic acid groups (broad SMARTS) is 1. The molecule has 0 bridgehead atoms. The summed E-state index contributed by atoms with van der Waals surface area (Å²) in [6.07, 6.45) is 2.68. The molecule has 0 spiro atoms. The molecule has 0 aliphatic carbocycles. The molecule has 0 radical (unpaired) electrons. The molecule has 0 aromatic heterocycles. The Kier molecular flexibility index (Phi) is 4.55. The number of methoxy groups -OCH3 is 1. The summed E-state index contributed by atoms with van der Waals surface area (Å²) in [7, 11) is 1.72. The van der Waals surface area contributed by atoms with E-state index in [0.717, 1.165) is 32.4 Å². The van der Waals surface area contributed by atoms with Gasteiger partial charge in [-0.3, -0.25) is 4.79 Å². The lowest BCUT2D eigenvalue weighted by Crippen LogP contribution is -2.47. The summed E-state index contributed by atoms with van der Waals surface area (Å²) in [5, 5.41) is 9.24. The van der Waals surface area contributed by atoms with Crippen LogP contribution in [0.2, 0.25) is 0 Å². The van der Waals surface area contributed by atoms with E-state index in [9.17, 15) is 9.90 Å². The minimum atomic E-state index is -0.673. The second-order valence-electron chi connectivity index (χ2n) is 5.96. The number of likely N-dealkylation sites (tertiary alicyclic amines) is 1. The fourth-order valence-electron chi connectivity index (χ4n) is 2.24. The van der Waals surface area contributed by atoms with Crippen LogP contribution in [0.15, 0.2) is 0 Å². The van der Waals surface area contributed by atoms with Gasteiger partial charge in [0, 0.05) is 20.2 Å². The molecule has 0 aromatic rings. The zero-order chi connectivity index (χ0) is 13.1. The first-order valence-electron chi connectivity index (χ1n) is 6.30. The van der Waals surface area contributed by atoms with E-state index in [2.05, 4.69) is 18.7 Å². The maximum absolute atomic E-state index is 11.2. The van der Waals surface area contributed by atoms with Crippen LogP contribution in [-0.4, -0.2) is 48.3 Å². The van der Waals surface area contributed by atoms with Crippen LogP contribution < -0.4 is 0 Å². The third-order valence-corrected chi connectivity index (χ3v) is 3.87. The molecule has 0 saturated carbocycles. The lowest BCUT2D eigenvalue weighted by Gasteiger charge is -2.38. The average Bonchev–Trinajstić information content (AvgIpc) is 2.27. The van der Waals surface area contributed by atoms with Crippen molar-refractivity contribution in [3.63, 3.8) is 0 Å². The monoisotopic (exact) mass is 243 g/mol. The molecule has 17 heavy (non-hydrogen) atoms. The van der Waals surface area contributed by atoms with Crippen molar-refractivity contribution in [2.75, 3.05) is 26.7 Å². The van der Waals surface area contributed by atoms with Gasteiger partial charge in [0.25, 0.3) is 0 Å². The van der Waals surface area contributed by atoms with Gasteiger partial charge in [-0.15, -0.1) is 0 Å². The van der Waals surface area contributed by atoms with Crippen LogP contribution in [0.5, 0.6) is 0 Å². The number of nitrogens with zero attached hydrogens (tertiary/aromatic N) is 1. The third-order valence-electron chi connectivity index (χ3n) is 3.87. The second-order valence-corrected chi connectivity index (χ2v) is 5.96. The number of carbonyl (C=O) groups is 1. The van der Waals surface area contributed by atoms with Gasteiger partial charge in [0.15, 0.2) is 0 Å². The van der Waals surface area contributed by atoms with Gasteiger partial charge in [0.1, 0.15) is 0 Å². The molecule has 1 saturated heterocycles. The lowest BCUT2D eigenvalue weighted by molar-refractivity contribution is -0.151. The van der Waals surface area contributed by atoms with E-state index in [1.807, 2.05) is 6.92 Å². The number of aliphatic carboxylic acids is 1. The smallest absolute Gasteiger partial charge is 0.310 e. The first-order chi connectivity index (χ1) is 7.79. The van der Waals surface area contributed by atoms with E-state index in [1.54, 1.807) is 7.11 Å². The number of hydrogen-bond acceptors (Lipinski definition) is 3. The highest BCUT2D eigenvalue weighted by atomic mass is 16.5. The van der Waals surface area contributed by atoms with Gasteiger partial charge in [-0.2, -0.15) is 0 Å². The Balaban J connectivity index is 2.48. The van der Waals surface area contributed by atoms with Crippen molar-refractivity contribution in [1.82, 2.24) is 4.90 Å². The standard InChI is InChI=1S/C13H25NO3/c1-12(2,17-4)7-9-14-8-5-6-13(3,10-14)11(15)16/h5-10H2,1-4H3,(H,15,16). The molecule has 1 heterocycles. The molecule has 0 amide bonds. The van der Waals surface area contributed by atoms with Crippen molar-refractivity contribution in [1.29, 1.82) is 0 Å². The van der Waals surface area contributed by atoms with Gasteiger partial charge in [-0.25, -0.2) is 0 Å². The summed E-state index contributed by atoms with van der Waals surface area (Å²) in [6.45, 7) is 8.54. The van der Waals surface area contributed by atoms with Crippen molar-refractivity contribution in [3.8, 4) is 0 Å². The molecule has 1 aliphatic heterocycles. The molecule has 1 unspecified atom stereocenters. The van der Waals surface area contributed by atoms with Gasteiger partial charge in [0.2, 0.25) is 0 Å². The molecule has 1 atom stereocenters. The average molecular weight is 243 g/mol. The lowest BCUT2D eigenvalue weighted by atomic mass is 9.82. The molecule has 1 fully saturated rings. The third kappa shape index (κ3) is 3.96. The summed E-state index contributed by atoms with van der Waals surface area (Å²) in [5.41, 5.74) is -0.702. The van der Waals surface area contributed by atoms with Crippen LogP contribution >= 0.6 is 0 Å². The zero-order valence-electron chi connectivity index (χ0n) is 11.5. The van der Waals surface area contributed by atoms with E-state index in [1.165, 1.54) is 0 Å². The summed E-state index contributed by atoms with van der Waals surface area (Å²) >= 11 is 0. The van der Waals surface area contributed by atoms with E-state index in [4.69, 9.17) is 4.74 Å². The summed E-state index contributed by atoms with van der Waals surface area (Å²) in [4.78, 5) is 13.5. The van der Waals surface area contributed by atoms with Crippen molar-refractivity contribution < 1.29 is 14.6 Å². The number of ether oxygens (including phenoxy) is 1. The Morgan fingerprint density at radius 3 is 2.71 bits per heavy atom. The van der Waals surface area contributed by atoms with Crippen LogP contribution in [0.3, 0.4) is 0 Å². The maximum Gasteiger partial charge on any atom is 0.310 e. The molecule has 1 N–H and O–H groups in total. The quantitative estimate of drug-likeness (QED) is 0.802. The van der Waals surface area contributed by atoms with Crippen LogP contribution in [-0.2, 0) is 9.53 Å². The minimum Gasteiger partial charge on any atom is -0.481 e. The summed E-state index contributed by atoms with van der Waals surface area (Å²) in [6, 6.07) is 0. The van der Waals surface area contributed by atoms with Gasteiger partial charge in [-0.1, -0.05) is 0 Å². The van der Waals surface area contributed by atoms with Crippen LogP contribution in [0.4, 0.5) is 0 Å². The largest absolute Gasteiger partial charge is 0.481 e. The SMILES string of the molecule is COC(C)(C)CCN1CCCC(C)(C(=O)O)C1. The van der Waals surface area contributed by atoms with Gasteiger partial charge < -0.3 is 14.7 Å². The van der Waals surface area contributed by atoms with Gasteiger partial charge >= 0.3 is 5.97 Å². The highest BCUT2D eigenvalue weighted by Gasteiger charge is 2.37. The highest BCUT2D eigenvalue weighted by molar-refractivity contribution is 5.74. The topological polar surface area (TPSA) is 49.8 Å². The maximum atomic E-state index is 11.2. The van der Waals surface area contributed by atoms with Crippen LogP contribution in [0.1, 0.15) is 40.0 Å². The normalized spacial score (nSPS) is 27.1. The molecule has 0 aromatic carbocycles. The molecular formula is C13H25NO3. The summed E-state index contributed by atoms with van der Waals surface area (Å²) < 4.78 is 5.39. The van der Waals surface area contributed by atoms with Gasteiger partial charge in [0.05, 0.1) is 11.0 Å². The fraction of sp³-hybridized carbons (Fsp3) is 0.923. The number of piperidine rings is 1. The molecule has 1 aliphatic rings. The Bertz CT molecular complexity index is 278. The van der Waals surface area contributed by atoms with E-state index < -0.39 is 11.4 Å². The van der Waals surface area contributed by atoms with Crippen molar-refractivity contribution in [2.45, 2.75) is 45.6 Å². The molecule has 4 heteroatoms. The number of carboxylic acids is 1. The van der Waals surface area contributed by atoms with Crippen LogP contribution in [0.25, 0.3) is 0 Å². The number of rotatable bonds is 5. The van der Waals surface area contributed by atoms with E-state index >= 15 is 0 Å². The number of hydrogen-bond donors (Lipinski definition) is 1. The Morgan fingerprint density at radius 2 is 2.18 bits per heavy atom. The predicted molar refractivity (Wildman–Crippen MR) is 67.1 cm³/mol. The van der Waals surface area contributed by atoms with E-state index in [-0.39, 0.29) is 5.60 Å². The highest BCUT2D eigenvalue weighted by Crippen LogP contribution is 2.30. The first kappa shape index (κ1) is 14.5. The molecule has 100 valence electrons. The second kappa shape index (κ2) is 5.36. The first-order valence-corrected chi connectivity index (χ1v) is 6.30. The van der Waals surface area contributed by atoms with Crippen molar-refractivity contribution in [2.24, 2.45) is 5.41 Å². The molecule has 4 nitrogen and oxygen atoms in total. The van der Waals surface area contributed by atoms with Crippen molar-refractivity contribution in [3.05, 3.63) is 0 Å². The zero-order valence-corrected chi connectivity index (χ0v) is 11.5. The van der Waals surface area contributed by atoms with Crippen molar-refractivity contribution >= 4 is 5.97 Å². The molecular weight excluding hydrogens is 218 g/mol. The Labute approximate surface area is 104 Å². The van der Waals surface area contributed by atoms with E-state index in [0.29, 0.717) is 6.54 Å². The minimum absolute atomic E-state index is 0.128. The Hall–Kier alpha value is -0.610. The summed E-state index contributed by atoms with van der Waals surface area (Å²) in [5.74, 6) is -0.673. The predicted octanol–water partition coefficient (Wildman–Crippen LogP) is 1.99. The molecule has 1 rings (SSSR count). The van der Waals surface area contributed by atoms with Gasteiger partial charge in [-0.05, 0) is 46.6 Å². The van der Waals surface area contributed by atoms with Crippen LogP contribution in [0, 0.1) is 5.41 Å². The fourth-order valence-corrected chi connectivity index (χ4v) is 2.24.